The molecule has 1 N–H and O–H groups in total. The van der Waals surface area contributed by atoms with Crippen LogP contribution in [0.15, 0.2) is 59.1 Å². The first-order valence-electron chi connectivity index (χ1n) is 8.45. The SMILES string of the molecule is COc1ccc2cc(Br)ccc2c1CSCCNC(=O)c1ccc(F)cc1. The Kier molecular flexibility index (Phi) is 6.74. The predicted octanol–water partition coefficient (Wildman–Crippen LogP) is 5.41. The van der Waals surface area contributed by atoms with Crippen molar-refractivity contribution < 1.29 is 13.9 Å². The average molecular weight is 448 g/mol. The van der Waals surface area contributed by atoms with E-state index in [2.05, 4.69) is 39.4 Å². The van der Waals surface area contributed by atoms with Gasteiger partial charge in [-0.1, -0.05) is 28.1 Å². The molecule has 0 unspecified atom stereocenters. The van der Waals surface area contributed by atoms with Crippen molar-refractivity contribution in [1.82, 2.24) is 5.32 Å². The van der Waals surface area contributed by atoms with Crippen molar-refractivity contribution in [3.05, 3.63) is 76.0 Å². The van der Waals surface area contributed by atoms with Crippen LogP contribution in [0.1, 0.15) is 15.9 Å². The van der Waals surface area contributed by atoms with Crippen molar-refractivity contribution >= 4 is 44.4 Å². The summed E-state index contributed by atoms with van der Waals surface area (Å²) in [5.41, 5.74) is 1.61. The maximum Gasteiger partial charge on any atom is 0.251 e. The summed E-state index contributed by atoms with van der Waals surface area (Å²) in [6, 6.07) is 15.8. The molecule has 27 heavy (non-hydrogen) atoms. The highest BCUT2D eigenvalue weighted by molar-refractivity contribution is 9.10. The maximum atomic E-state index is 12.9. The van der Waals surface area contributed by atoms with Gasteiger partial charge in [-0.25, -0.2) is 4.39 Å². The summed E-state index contributed by atoms with van der Waals surface area (Å²) in [6.07, 6.45) is 0. The highest BCUT2D eigenvalue weighted by Gasteiger charge is 2.09. The molecule has 0 aromatic heterocycles. The van der Waals surface area contributed by atoms with Crippen LogP contribution in [0.4, 0.5) is 4.39 Å². The molecule has 0 spiro atoms. The summed E-state index contributed by atoms with van der Waals surface area (Å²) in [5, 5.41) is 5.18. The molecule has 1 amide bonds. The van der Waals surface area contributed by atoms with E-state index >= 15 is 0 Å². The van der Waals surface area contributed by atoms with Gasteiger partial charge in [0.1, 0.15) is 11.6 Å². The Hall–Kier alpha value is -2.05. The Bertz CT molecular complexity index is 947. The summed E-state index contributed by atoms with van der Waals surface area (Å²) < 4.78 is 19.5. The first-order chi connectivity index (χ1) is 13.1. The molecular formula is C21H19BrFNO2S. The fraction of sp³-hybridized carbons (Fsp3) is 0.190. The van der Waals surface area contributed by atoms with Crippen LogP contribution in [0, 0.1) is 5.82 Å². The number of hydrogen-bond donors (Lipinski definition) is 1. The Balaban J connectivity index is 1.57. The Labute approximate surface area is 170 Å². The molecule has 0 heterocycles. The van der Waals surface area contributed by atoms with Crippen molar-refractivity contribution in [1.29, 1.82) is 0 Å². The number of fused-ring (bicyclic) bond motifs is 1. The summed E-state index contributed by atoms with van der Waals surface area (Å²) in [5.74, 6) is 1.88. The molecule has 3 aromatic rings. The molecule has 0 aliphatic heterocycles. The fourth-order valence-electron chi connectivity index (χ4n) is 2.80. The number of methoxy groups -OCH3 is 1. The van der Waals surface area contributed by atoms with E-state index in [1.807, 2.05) is 12.1 Å². The quantitative estimate of drug-likeness (QED) is 0.491. The first kappa shape index (κ1) is 19.7. The normalized spacial score (nSPS) is 10.8. The number of halogens is 2. The van der Waals surface area contributed by atoms with E-state index in [9.17, 15) is 9.18 Å². The lowest BCUT2D eigenvalue weighted by atomic mass is 10.0. The average Bonchev–Trinajstić information content (AvgIpc) is 2.67. The van der Waals surface area contributed by atoms with Gasteiger partial charge < -0.3 is 10.1 Å². The lowest BCUT2D eigenvalue weighted by Gasteiger charge is -2.12. The Morgan fingerprint density at radius 1 is 1.15 bits per heavy atom. The lowest BCUT2D eigenvalue weighted by molar-refractivity contribution is 0.0956. The molecular weight excluding hydrogens is 429 g/mol. The number of rotatable bonds is 7. The minimum Gasteiger partial charge on any atom is -0.496 e. The zero-order valence-electron chi connectivity index (χ0n) is 14.8. The number of carbonyl (C=O) groups is 1. The molecule has 140 valence electrons. The molecule has 0 bridgehead atoms. The molecule has 0 saturated heterocycles. The fourth-order valence-corrected chi connectivity index (χ4v) is 4.07. The molecule has 0 saturated carbocycles. The van der Waals surface area contributed by atoms with Gasteiger partial charge in [0.2, 0.25) is 0 Å². The van der Waals surface area contributed by atoms with Crippen LogP contribution in [0.3, 0.4) is 0 Å². The van der Waals surface area contributed by atoms with Crippen molar-refractivity contribution in [2.24, 2.45) is 0 Å². The third-order valence-corrected chi connectivity index (χ3v) is 5.63. The van der Waals surface area contributed by atoms with Gasteiger partial charge in [0, 0.05) is 33.7 Å². The molecule has 3 aromatic carbocycles. The number of benzene rings is 3. The largest absolute Gasteiger partial charge is 0.496 e. The summed E-state index contributed by atoms with van der Waals surface area (Å²) in [4.78, 5) is 12.0. The van der Waals surface area contributed by atoms with E-state index in [0.717, 1.165) is 32.7 Å². The van der Waals surface area contributed by atoms with Gasteiger partial charge in [-0.3, -0.25) is 4.79 Å². The zero-order chi connectivity index (χ0) is 19.2. The maximum absolute atomic E-state index is 12.9. The van der Waals surface area contributed by atoms with E-state index in [0.29, 0.717) is 12.1 Å². The van der Waals surface area contributed by atoms with Crippen LogP contribution in [0.2, 0.25) is 0 Å². The standard InChI is InChI=1S/C21H19BrFNO2S/c1-26-20-9-4-15-12-16(22)5-8-18(15)19(20)13-27-11-10-24-21(25)14-2-6-17(23)7-3-14/h2-9,12H,10-11,13H2,1H3,(H,24,25). The van der Waals surface area contributed by atoms with E-state index in [-0.39, 0.29) is 11.7 Å². The first-order valence-corrected chi connectivity index (χ1v) is 10.4. The van der Waals surface area contributed by atoms with Gasteiger partial charge >= 0.3 is 0 Å². The molecule has 0 aliphatic rings. The van der Waals surface area contributed by atoms with Crippen molar-refractivity contribution in [3.63, 3.8) is 0 Å². The highest BCUT2D eigenvalue weighted by atomic mass is 79.9. The summed E-state index contributed by atoms with van der Waals surface area (Å²) >= 11 is 5.23. The second kappa shape index (κ2) is 9.24. The van der Waals surface area contributed by atoms with E-state index in [1.165, 1.54) is 29.7 Å². The van der Waals surface area contributed by atoms with Crippen LogP contribution in [-0.2, 0) is 5.75 Å². The number of thioether (sulfide) groups is 1. The zero-order valence-corrected chi connectivity index (χ0v) is 17.2. The van der Waals surface area contributed by atoms with Crippen molar-refractivity contribution in [2.75, 3.05) is 19.4 Å². The van der Waals surface area contributed by atoms with Crippen LogP contribution < -0.4 is 10.1 Å². The highest BCUT2D eigenvalue weighted by Crippen LogP contribution is 2.32. The van der Waals surface area contributed by atoms with Crippen LogP contribution in [0.5, 0.6) is 5.75 Å². The number of hydrogen-bond acceptors (Lipinski definition) is 3. The third kappa shape index (κ3) is 5.02. The summed E-state index contributed by atoms with van der Waals surface area (Å²) in [7, 11) is 1.68. The van der Waals surface area contributed by atoms with Crippen LogP contribution in [0.25, 0.3) is 10.8 Å². The van der Waals surface area contributed by atoms with E-state index < -0.39 is 0 Å². The molecule has 6 heteroatoms. The molecule has 3 rings (SSSR count). The van der Waals surface area contributed by atoms with Gasteiger partial charge in [-0.05, 0) is 53.2 Å². The Morgan fingerprint density at radius 3 is 2.67 bits per heavy atom. The van der Waals surface area contributed by atoms with Crippen molar-refractivity contribution in [2.45, 2.75) is 5.75 Å². The van der Waals surface area contributed by atoms with Gasteiger partial charge in [0.05, 0.1) is 7.11 Å². The molecule has 0 radical (unpaired) electrons. The number of ether oxygens (including phenoxy) is 1. The predicted molar refractivity (Wildman–Crippen MR) is 113 cm³/mol. The third-order valence-electron chi connectivity index (χ3n) is 4.16. The van der Waals surface area contributed by atoms with Crippen LogP contribution in [-0.4, -0.2) is 25.3 Å². The molecule has 0 atom stereocenters. The minimum atomic E-state index is -0.349. The van der Waals surface area contributed by atoms with Crippen LogP contribution >= 0.6 is 27.7 Å². The number of nitrogens with one attached hydrogen (secondary N) is 1. The monoisotopic (exact) mass is 447 g/mol. The minimum absolute atomic E-state index is 0.191. The molecule has 0 fully saturated rings. The van der Waals surface area contributed by atoms with E-state index in [1.54, 1.807) is 18.9 Å². The van der Waals surface area contributed by atoms with Gasteiger partial charge in [0.25, 0.3) is 5.91 Å². The summed E-state index contributed by atoms with van der Waals surface area (Å²) in [6.45, 7) is 0.541. The smallest absolute Gasteiger partial charge is 0.251 e. The van der Waals surface area contributed by atoms with E-state index in [4.69, 9.17) is 4.74 Å². The molecule has 0 aliphatic carbocycles. The van der Waals surface area contributed by atoms with Gasteiger partial charge in [0.15, 0.2) is 0 Å². The number of amides is 1. The van der Waals surface area contributed by atoms with Crippen molar-refractivity contribution in [3.8, 4) is 5.75 Å². The molecule has 3 nitrogen and oxygen atoms in total. The van der Waals surface area contributed by atoms with Gasteiger partial charge in [-0.15, -0.1) is 0 Å². The lowest BCUT2D eigenvalue weighted by Crippen LogP contribution is -2.25. The number of carbonyl (C=O) groups excluding carboxylic acids is 1. The second-order valence-electron chi connectivity index (χ2n) is 5.93. The second-order valence-corrected chi connectivity index (χ2v) is 7.95. The Morgan fingerprint density at radius 2 is 1.93 bits per heavy atom. The topological polar surface area (TPSA) is 38.3 Å². The van der Waals surface area contributed by atoms with Gasteiger partial charge in [-0.2, -0.15) is 11.8 Å².